The van der Waals surface area contributed by atoms with Crippen molar-refractivity contribution in [1.82, 2.24) is 0 Å². The van der Waals surface area contributed by atoms with Crippen LogP contribution in [0.25, 0.3) is 0 Å². The standard InChI is InChI=1S/C15H15BrF2N2/c1-2-3-9-6-15(11(16)8-13(9)19)20-14-5-4-10(17)7-12(14)18/h4-8,20H,2-3,19H2,1H3. The quantitative estimate of drug-likeness (QED) is 0.768. The van der Waals surface area contributed by atoms with Crippen LogP contribution >= 0.6 is 15.9 Å². The Morgan fingerprint density at radius 3 is 2.55 bits per heavy atom. The maximum Gasteiger partial charge on any atom is 0.149 e. The van der Waals surface area contributed by atoms with E-state index in [-0.39, 0.29) is 5.69 Å². The predicted molar refractivity (Wildman–Crippen MR) is 82.2 cm³/mol. The molecule has 2 aromatic carbocycles. The van der Waals surface area contributed by atoms with E-state index >= 15 is 0 Å². The fraction of sp³-hybridized carbons (Fsp3) is 0.200. The van der Waals surface area contributed by atoms with Gasteiger partial charge in [-0.2, -0.15) is 0 Å². The lowest BCUT2D eigenvalue weighted by Crippen LogP contribution is -2.00. The fourth-order valence-electron chi connectivity index (χ4n) is 1.95. The van der Waals surface area contributed by atoms with E-state index < -0.39 is 11.6 Å². The summed E-state index contributed by atoms with van der Waals surface area (Å²) >= 11 is 3.39. The molecule has 0 saturated heterocycles. The topological polar surface area (TPSA) is 38.0 Å². The van der Waals surface area contributed by atoms with Gasteiger partial charge in [0, 0.05) is 16.2 Å². The van der Waals surface area contributed by atoms with Gasteiger partial charge in [0.2, 0.25) is 0 Å². The minimum absolute atomic E-state index is 0.222. The summed E-state index contributed by atoms with van der Waals surface area (Å²) in [5, 5.41) is 2.95. The summed E-state index contributed by atoms with van der Waals surface area (Å²) in [5.41, 5.74) is 8.56. The molecule has 0 fully saturated rings. The fourth-order valence-corrected chi connectivity index (χ4v) is 2.41. The summed E-state index contributed by atoms with van der Waals surface area (Å²) in [6.07, 6.45) is 1.82. The molecule has 2 nitrogen and oxygen atoms in total. The summed E-state index contributed by atoms with van der Waals surface area (Å²) in [6, 6.07) is 7.09. The molecule has 0 radical (unpaired) electrons. The molecule has 0 bridgehead atoms. The van der Waals surface area contributed by atoms with Gasteiger partial charge in [-0.25, -0.2) is 8.78 Å². The zero-order chi connectivity index (χ0) is 14.7. The minimum atomic E-state index is -0.634. The van der Waals surface area contributed by atoms with Crippen molar-refractivity contribution in [2.24, 2.45) is 0 Å². The zero-order valence-electron chi connectivity index (χ0n) is 11.0. The molecule has 106 valence electrons. The Kier molecular flexibility index (Phi) is 4.60. The summed E-state index contributed by atoms with van der Waals surface area (Å²) in [5.74, 6) is -1.23. The Morgan fingerprint density at radius 1 is 1.15 bits per heavy atom. The smallest absolute Gasteiger partial charge is 0.149 e. The maximum atomic E-state index is 13.7. The molecule has 0 amide bonds. The van der Waals surface area contributed by atoms with E-state index in [9.17, 15) is 8.78 Å². The van der Waals surface area contributed by atoms with E-state index in [0.29, 0.717) is 11.4 Å². The third-order valence-corrected chi connectivity index (χ3v) is 3.60. The summed E-state index contributed by atoms with van der Waals surface area (Å²) < 4.78 is 27.3. The van der Waals surface area contributed by atoms with Crippen molar-refractivity contribution in [3.8, 4) is 0 Å². The Labute approximate surface area is 125 Å². The van der Waals surface area contributed by atoms with Crippen molar-refractivity contribution in [1.29, 1.82) is 0 Å². The van der Waals surface area contributed by atoms with Crippen LogP contribution in [0.15, 0.2) is 34.8 Å². The van der Waals surface area contributed by atoms with Gasteiger partial charge >= 0.3 is 0 Å². The SMILES string of the molecule is CCCc1cc(Nc2ccc(F)cc2F)c(Br)cc1N. The second-order valence-corrected chi connectivity index (χ2v) is 5.38. The van der Waals surface area contributed by atoms with Crippen LogP contribution in [0.1, 0.15) is 18.9 Å². The molecular weight excluding hydrogens is 326 g/mol. The second kappa shape index (κ2) is 6.22. The van der Waals surface area contributed by atoms with Crippen LogP contribution in [-0.4, -0.2) is 0 Å². The largest absolute Gasteiger partial charge is 0.398 e. The minimum Gasteiger partial charge on any atom is -0.398 e. The lowest BCUT2D eigenvalue weighted by atomic mass is 10.1. The van der Waals surface area contributed by atoms with E-state index in [4.69, 9.17) is 5.73 Å². The predicted octanol–water partition coefficient (Wildman–Crippen LogP) is 5.01. The number of aryl methyl sites for hydroxylation is 1. The summed E-state index contributed by atoms with van der Waals surface area (Å²) in [4.78, 5) is 0. The number of hydrogen-bond donors (Lipinski definition) is 2. The highest BCUT2D eigenvalue weighted by Gasteiger charge is 2.09. The number of hydrogen-bond acceptors (Lipinski definition) is 2. The van der Waals surface area contributed by atoms with E-state index in [1.54, 1.807) is 6.07 Å². The number of nitrogen functional groups attached to an aromatic ring is 1. The van der Waals surface area contributed by atoms with Gasteiger partial charge in [-0.1, -0.05) is 13.3 Å². The average Bonchev–Trinajstić information content (AvgIpc) is 2.38. The first-order valence-electron chi connectivity index (χ1n) is 6.31. The maximum absolute atomic E-state index is 13.7. The molecule has 2 aromatic rings. The number of rotatable bonds is 4. The zero-order valence-corrected chi connectivity index (χ0v) is 12.6. The normalized spacial score (nSPS) is 10.6. The molecule has 0 unspecified atom stereocenters. The van der Waals surface area contributed by atoms with Gasteiger partial charge in [-0.15, -0.1) is 0 Å². The van der Waals surface area contributed by atoms with E-state index in [1.165, 1.54) is 12.1 Å². The van der Waals surface area contributed by atoms with E-state index in [2.05, 4.69) is 28.2 Å². The number of halogens is 3. The lowest BCUT2D eigenvalue weighted by molar-refractivity contribution is 0.586. The first-order valence-corrected chi connectivity index (χ1v) is 7.10. The summed E-state index contributed by atoms with van der Waals surface area (Å²) in [6.45, 7) is 2.06. The third kappa shape index (κ3) is 3.28. The second-order valence-electron chi connectivity index (χ2n) is 4.53. The highest BCUT2D eigenvalue weighted by Crippen LogP contribution is 2.32. The van der Waals surface area contributed by atoms with Crippen LogP contribution in [0, 0.1) is 11.6 Å². The Morgan fingerprint density at radius 2 is 1.90 bits per heavy atom. The highest BCUT2D eigenvalue weighted by molar-refractivity contribution is 9.10. The molecule has 0 aliphatic heterocycles. The molecule has 0 spiro atoms. The average molecular weight is 341 g/mol. The molecule has 2 rings (SSSR count). The van der Waals surface area contributed by atoms with Gasteiger partial charge in [0.1, 0.15) is 11.6 Å². The van der Waals surface area contributed by atoms with Crippen LogP contribution < -0.4 is 11.1 Å². The molecule has 5 heteroatoms. The number of anilines is 3. The number of benzene rings is 2. The van der Waals surface area contributed by atoms with Crippen molar-refractivity contribution in [3.63, 3.8) is 0 Å². The van der Waals surface area contributed by atoms with Crippen LogP contribution in [-0.2, 0) is 6.42 Å². The molecule has 3 N–H and O–H groups in total. The van der Waals surface area contributed by atoms with E-state index in [0.717, 1.165) is 28.9 Å². The van der Waals surface area contributed by atoms with Crippen LogP contribution in [0.2, 0.25) is 0 Å². The van der Waals surface area contributed by atoms with Gasteiger partial charge in [-0.3, -0.25) is 0 Å². The van der Waals surface area contributed by atoms with E-state index in [1.807, 2.05) is 6.07 Å². The molecule has 0 aliphatic rings. The van der Waals surface area contributed by atoms with Crippen molar-refractivity contribution >= 4 is 33.0 Å². The van der Waals surface area contributed by atoms with Crippen molar-refractivity contribution < 1.29 is 8.78 Å². The Bertz CT molecular complexity index is 630. The first kappa shape index (κ1) is 14.8. The molecule has 0 aliphatic carbocycles. The van der Waals surface area contributed by atoms with Crippen molar-refractivity contribution in [3.05, 3.63) is 52.0 Å². The monoisotopic (exact) mass is 340 g/mol. The Balaban J connectivity index is 2.35. The van der Waals surface area contributed by atoms with Gasteiger partial charge < -0.3 is 11.1 Å². The molecule has 20 heavy (non-hydrogen) atoms. The van der Waals surface area contributed by atoms with Crippen molar-refractivity contribution in [2.75, 3.05) is 11.1 Å². The first-order chi connectivity index (χ1) is 9.51. The van der Waals surface area contributed by atoms with Gasteiger partial charge in [0.05, 0.1) is 11.4 Å². The lowest BCUT2D eigenvalue weighted by Gasteiger charge is -2.13. The highest BCUT2D eigenvalue weighted by atomic mass is 79.9. The molecule has 0 atom stereocenters. The summed E-state index contributed by atoms with van der Waals surface area (Å²) in [7, 11) is 0. The number of nitrogens with two attached hydrogens (primary N) is 1. The van der Waals surface area contributed by atoms with Crippen molar-refractivity contribution in [2.45, 2.75) is 19.8 Å². The molecule has 0 saturated carbocycles. The van der Waals surface area contributed by atoms with Crippen LogP contribution in [0.4, 0.5) is 25.8 Å². The molecule has 0 aromatic heterocycles. The number of nitrogens with one attached hydrogen (secondary N) is 1. The van der Waals surface area contributed by atoms with Gasteiger partial charge in [0.25, 0.3) is 0 Å². The van der Waals surface area contributed by atoms with Gasteiger partial charge in [0.15, 0.2) is 0 Å². The molecular formula is C15H15BrF2N2. The molecule has 0 heterocycles. The van der Waals surface area contributed by atoms with Crippen LogP contribution in [0.5, 0.6) is 0 Å². The third-order valence-electron chi connectivity index (χ3n) is 2.95. The van der Waals surface area contributed by atoms with Gasteiger partial charge in [-0.05, 0) is 52.2 Å². The van der Waals surface area contributed by atoms with Crippen LogP contribution in [0.3, 0.4) is 0 Å². The Hall–Kier alpha value is -1.62.